The molecule has 1 amide bonds. The van der Waals surface area contributed by atoms with Gasteiger partial charge in [-0.05, 0) is 53.8 Å². The number of carbonyl (C=O) groups is 1. The number of sulfonamides is 1. The van der Waals surface area contributed by atoms with Crippen LogP contribution in [0, 0.1) is 0 Å². The SMILES string of the molecule is COc1ccc2ccccc2c1CNC(=O)CCc1ccc(S(=O)(=O)NC2CC2)cc1. The molecule has 3 aromatic rings. The minimum absolute atomic E-state index is 0.0675. The molecule has 0 atom stereocenters. The van der Waals surface area contributed by atoms with E-state index in [1.165, 1.54) is 0 Å². The van der Waals surface area contributed by atoms with E-state index in [1.807, 2.05) is 36.4 Å². The molecule has 4 rings (SSSR count). The molecule has 1 aliphatic rings. The smallest absolute Gasteiger partial charge is 0.240 e. The summed E-state index contributed by atoms with van der Waals surface area (Å²) < 4.78 is 32.6. The molecule has 0 heterocycles. The normalized spacial score (nSPS) is 13.8. The third kappa shape index (κ3) is 5.24. The third-order valence-corrected chi connectivity index (χ3v) is 6.99. The lowest BCUT2D eigenvalue weighted by atomic mass is 10.0. The summed E-state index contributed by atoms with van der Waals surface area (Å²) in [4.78, 5) is 12.7. The van der Waals surface area contributed by atoms with Crippen LogP contribution < -0.4 is 14.8 Å². The van der Waals surface area contributed by atoms with Gasteiger partial charge in [0.25, 0.3) is 0 Å². The van der Waals surface area contributed by atoms with Crippen molar-refractivity contribution in [1.29, 1.82) is 0 Å². The average molecular weight is 439 g/mol. The van der Waals surface area contributed by atoms with Crippen molar-refractivity contribution in [3.8, 4) is 5.75 Å². The van der Waals surface area contributed by atoms with Gasteiger partial charge in [0.1, 0.15) is 5.75 Å². The van der Waals surface area contributed by atoms with Crippen LogP contribution in [0.1, 0.15) is 30.4 Å². The van der Waals surface area contributed by atoms with Crippen LogP contribution in [0.2, 0.25) is 0 Å². The standard InChI is InChI=1S/C24H26N2O4S/c1-30-23-14-9-18-4-2-3-5-21(18)22(23)16-25-24(27)15-8-17-6-12-20(13-7-17)31(28,29)26-19-10-11-19/h2-7,9,12-14,19,26H,8,10-11,15-16H2,1H3,(H,25,27). The lowest BCUT2D eigenvalue weighted by molar-refractivity contribution is -0.121. The van der Waals surface area contributed by atoms with Gasteiger partial charge in [0.05, 0.1) is 12.0 Å². The van der Waals surface area contributed by atoms with Crippen LogP contribution in [-0.2, 0) is 27.8 Å². The maximum Gasteiger partial charge on any atom is 0.240 e. The lowest BCUT2D eigenvalue weighted by Gasteiger charge is -2.13. The first-order valence-electron chi connectivity index (χ1n) is 10.4. The molecule has 162 valence electrons. The number of nitrogens with one attached hydrogen (secondary N) is 2. The van der Waals surface area contributed by atoms with Gasteiger partial charge in [-0.1, -0.05) is 42.5 Å². The summed E-state index contributed by atoms with van der Waals surface area (Å²) in [7, 11) is -1.83. The van der Waals surface area contributed by atoms with Gasteiger partial charge in [0.15, 0.2) is 0 Å². The number of hydrogen-bond acceptors (Lipinski definition) is 4. The van der Waals surface area contributed by atoms with E-state index in [0.717, 1.165) is 40.5 Å². The van der Waals surface area contributed by atoms with Crippen LogP contribution in [0.5, 0.6) is 5.75 Å². The van der Waals surface area contributed by atoms with Crippen molar-refractivity contribution in [2.45, 2.75) is 43.2 Å². The fourth-order valence-electron chi connectivity index (χ4n) is 3.55. The van der Waals surface area contributed by atoms with Crippen molar-refractivity contribution in [2.24, 2.45) is 0 Å². The predicted octanol–water partition coefficient (Wildman–Crippen LogP) is 3.54. The lowest BCUT2D eigenvalue weighted by Crippen LogP contribution is -2.25. The van der Waals surface area contributed by atoms with E-state index in [1.54, 1.807) is 31.4 Å². The summed E-state index contributed by atoms with van der Waals surface area (Å²) in [5.74, 6) is 0.678. The number of rotatable bonds is 9. The molecule has 0 unspecified atom stereocenters. The van der Waals surface area contributed by atoms with Crippen LogP contribution in [-0.4, -0.2) is 27.5 Å². The fraction of sp³-hybridized carbons (Fsp3) is 0.292. The van der Waals surface area contributed by atoms with E-state index in [2.05, 4.69) is 10.0 Å². The van der Waals surface area contributed by atoms with Gasteiger partial charge in [-0.2, -0.15) is 0 Å². The Balaban J connectivity index is 1.34. The molecule has 0 aromatic heterocycles. The van der Waals surface area contributed by atoms with Gasteiger partial charge in [-0.15, -0.1) is 0 Å². The van der Waals surface area contributed by atoms with Gasteiger partial charge < -0.3 is 10.1 Å². The number of benzene rings is 3. The van der Waals surface area contributed by atoms with E-state index in [-0.39, 0.29) is 16.8 Å². The van der Waals surface area contributed by atoms with E-state index in [0.29, 0.717) is 19.4 Å². The van der Waals surface area contributed by atoms with E-state index < -0.39 is 10.0 Å². The Morgan fingerprint density at radius 2 is 1.77 bits per heavy atom. The zero-order valence-corrected chi connectivity index (χ0v) is 18.2. The summed E-state index contributed by atoms with van der Waals surface area (Å²) in [5.41, 5.74) is 1.87. The quantitative estimate of drug-likeness (QED) is 0.535. The molecular weight excluding hydrogens is 412 g/mol. The minimum Gasteiger partial charge on any atom is -0.496 e. The molecule has 0 bridgehead atoms. The highest BCUT2D eigenvalue weighted by Gasteiger charge is 2.27. The number of hydrogen-bond donors (Lipinski definition) is 2. The fourth-order valence-corrected chi connectivity index (χ4v) is 4.85. The second kappa shape index (κ2) is 9.08. The molecule has 0 radical (unpaired) electrons. The van der Waals surface area contributed by atoms with Crippen molar-refractivity contribution in [1.82, 2.24) is 10.0 Å². The molecular formula is C24H26N2O4S. The first-order valence-corrected chi connectivity index (χ1v) is 11.9. The van der Waals surface area contributed by atoms with E-state index in [9.17, 15) is 13.2 Å². The van der Waals surface area contributed by atoms with Gasteiger partial charge in [-0.25, -0.2) is 13.1 Å². The van der Waals surface area contributed by atoms with E-state index in [4.69, 9.17) is 4.74 Å². The van der Waals surface area contributed by atoms with Crippen molar-refractivity contribution in [3.63, 3.8) is 0 Å². The van der Waals surface area contributed by atoms with Crippen molar-refractivity contribution in [3.05, 3.63) is 71.8 Å². The minimum atomic E-state index is -3.45. The Morgan fingerprint density at radius 1 is 1.03 bits per heavy atom. The molecule has 6 nitrogen and oxygen atoms in total. The topological polar surface area (TPSA) is 84.5 Å². The van der Waals surface area contributed by atoms with E-state index >= 15 is 0 Å². The molecule has 0 saturated heterocycles. The molecule has 31 heavy (non-hydrogen) atoms. The Labute approximate surface area is 182 Å². The summed E-state index contributed by atoms with van der Waals surface area (Å²) in [5, 5.41) is 5.13. The highest BCUT2D eigenvalue weighted by atomic mass is 32.2. The largest absolute Gasteiger partial charge is 0.496 e. The van der Waals surface area contributed by atoms with Gasteiger partial charge >= 0.3 is 0 Å². The molecule has 1 saturated carbocycles. The first-order chi connectivity index (χ1) is 15.0. The third-order valence-electron chi connectivity index (χ3n) is 5.45. The number of carbonyl (C=O) groups excluding carboxylic acids is 1. The molecule has 0 aliphatic heterocycles. The molecule has 7 heteroatoms. The highest BCUT2D eigenvalue weighted by molar-refractivity contribution is 7.89. The number of amides is 1. The van der Waals surface area contributed by atoms with Crippen LogP contribution in [0.4, 0.5) is 0 Å². The van der Waals surface area contributed by atoms with Crippen LogP contribution in [0.15, 0.2) is 65.6 Å². The maximum atomic E-state index is 12.4. The molecule has 0 spiro atoms. The molecule has 2 N–H and O–H groups in total. The zero-order chi connectivity index (χ0) is 21.8. The van der Waals surface area contributed by atoms with Gasteiger partial charge in [0, 0.05) is 24.6 Å². The molecule has 3 aromatic carbocycles. The Hall–Kier alpha value is -2.90. The average Bonchev–Trinajstić information content (AvgIpc) is 3.59. The number of fused-ring (bicyclic) bond motifs is 1. The summed E-state index contributed by atoms with van der Waals surface area (Å²) >= 11 is 0. The Kier molecular flexibility index (Phi) is 6.25. The monoisotopic (exact) mass is 438 g/mol. The van der Waals surface area contributed by atoms with Crippen LogP contribution >= 0.6 is 0 Å². The van der Waals surface area contributed by atoms with Crippen LogP contribution in [0.3, 0.4) is 0 Å². The zero-order valence-electron chi connectivity index (χ0n) is 17.4. The Bertz CT molecular complexity index is 1190. The van der Waals surface area contributed by atoms with Crippen molar-refractivity contribution in [2.75, 3.05) is 7.11 Å². The first kappa shape index (κ1) is 21.3. The molecule has 1 aliphatic carbocycles. The molecule has 1 fully saturated rings. The summed E-state index contributed by atoms with van der Waals surface area (Å²) in [6.45, 7) is 0.382. The predicted molar refractivity (Wildman–Crippen MR) is 120 cm³/mol. The maximum absolute atomic E-state index is 12.4. The number of aryl methyl sites for hydroxylation is 1. The second-order valence-corrected chi connectivity index (χ2v) is 9.50. The number of ether oxygens (including phenoxy) is 1. The van der Waals surface area contributed by atoms with Crippen molar-refractivity contribution < 1.29 is 17.9 Å². The van der Waals surface area contributed by atoms with Crippen LogP contribution in [0.25, 0.3) is 10.8 Å². The number of methoxy groups -OCH3 is 1. The summed E-state index contributed by atoms with van der Waals surface area (Å²) in [6, 6.07) is 18.7. The van der Waals surface area contributed by atoms with Gasteiger partial charge in [0.2, 0.25) is 15.9 Å². The second-order valence-electron chi connectivity index (χ2n) is 7.78. The van der Waals surface area contributed by atoms with Crippen molar-refractivity contribution >= 4 is 26.7 Å². The van der Waals surface area contributed by atoms with Gasteiger partial charge in [-0.3, -0.25) is 4.79 Å². The highest BCUT2D eigenvalue weighted by Crippen LogP contribution is 2.28. The summed E-state index contributed by atoms with van der Waals surface area (Å²) in [6.07, 6.45) is 2.66. The Morgan fingerprint density at radius 3 is 2.48 bits per heavy atom.